The number of anilines is 1. The van der Waals surface area contributed by atoms with Gasteiger partial charge in [-0.15, -0.1) is 0 Å². The lowest BCUT2D eigenvalue weighted by molar-refractivity contribution is -0.144. The Morgan fingerprint density at radius 3 is 2.23 bits per heavy atom. The molecule has 1 aromatic heterocycles. The molecule has 2 rings (SSSR count). The van der Waals surface area contributed by atoms with Crippen LogP contribution in [0.4, 0.5) is 45.5 Å². The Labute approximate surface area is 197 Å². The van der Waals surface area contributed by atoms with Gasteiger partial charge in [-0.25, -0.2) is 4.98 Å². The van der Waals surface area contributed by atoms with Crippen LogP contribution >= 0.6 is 11.6 Å². The minimum absolute atomic E-state index is 0.149. The van der Waals surface area contributed by atoms with Crippen molar-refractivity contribution in [3.05, 3.63) is 62.5 Å². The summed E-state index contributed by atoms with van der Waals surface area (Å²) in [5, 5.41) is 0.821. The van der Waals surface area contributed by atoms with Gasteiger partial charge in [0.15, 0.2) is 11.9 Å². The van der Waals surface area contributed by atoms with Crippen LogP contribution in [0.3, 0.4) is 0 Å². The lowest BCUT2D eigenvalue weighted by Crippen LogP contribution is -2.29. The summed E-state index contributed by atoms with van der Waals surface area (Å²) in [5.41, 5.74) is -7.51. The molecule has 0 aliphatic carbocycles. The molecule has 0 saturated heterocycles. The number of alkyl halides is 9. The van der Waals surface area contributed by atoms with E-state index in [0.717, 1.165) is 0 Å². The van der Waals surface area contributed by atoms with Gasteiger partial charge < -0.3 is 10.1 Å². The molecule has 35 heavy (non-hydrogen) atoms. The topological polar surface area (TPSA) is 56.1 Å². The van der Waals surface area contributed by atoms with Gasteiger partial charge in [0, 0.05) is 18.4 Å². The van der Waals surface area contributed by atoms with Gasteiger partial charge >= 0.3 is 18.5 Å². The van der Waals surface area contributed by atoms with Gasteiger partial charge in [0.05, 0.1) is 11.1 Å². The SMILES string of the molecule is C=Cn1c(NC(OCCCC)c2ccc(C(F)(F)F)cc2C(F)(F)F)nc(C(F)(F)F)c(Cl)c1=O. The zero-order chi connectivity index (χ0) is 26.8. The fourth-order valence-electron chi connectivity index (χ4n) is 2.85. The fraction of sp³-hybridized carbons (Fsp3) is 0.400. The van der Waals surface area contributed by atoms with E-state index in [2.05, 4.69) is 16.9 Å². The largest absolute Gasteiger partial charge is 0.435 e. The maximum absolute atomic E-state index is 13.7. The van der Waals surface area contributed by atoms with Gasteiger partial charge in [0.1, 0.15) is 5.02 Å². The van der Waals surface area contributed by atoms with E-state index in [1.54, 1.807) is 6.92 Å². The number of aromatic nitrogens is 2. The highest BCUT2D eigenvalue weighted by Crippen LogP contribution is 2.40. The zero-order valence-corrected chi connectivity index (χ0v) is 18.5. The van der Waals surface area contributed by atoms with Crippen molar-refractivity contribution in [3.63, 3.8) is 0 Å². The second kappa shape index (κ2) is 10.5. The van der Waals surface area contributed by atoms with E-state index in [-0.39, 0.29) is 19.1 Å². The third kappa shape index (κ3) is 6.69. The maximum atomic E-state index is 13.7. The van der Waals surface area contributed by atoms with Crippen LogP contribution in [-0.2, 0) is 23.3 Å². The van der Waals surface area contributed by atoms with Crippen LogP contribution in [0.2, 0.25) is 5.02 Å². The van der Waals surface area contributed by atoms with Gasteiger partial charge in [-0.3, -0.25) is 9.36 Å². The molecule has 1 heterocycles. The summed E-state index contributed by atoms with van der Waals surface area (Å²) in [6, 6.07) is 0.690. The van der Waals surface area contributed by atoms with Crippen LogP contribution in [-0.4, -0.2) is 16.2 Å². The third-order valence-corrected chi connectivity index (χ3v) is 4.86. The van der Waals surface area contributed by atoms with Crippen LogP contribution in [0.15, 0.2) is 29.6 Å². The smallest absolute Gasteiger partial charge is 0.354 e. The van der Waals surface area contributed by atoms with E-state index in [9.17, 15) is 44.3 Å². The van der Waals surface area contributed by atoms with Gasteiger partial charge in [-0.05, 0) is 18.6 Å². The van der Waals surface area contributed by atoms with E-state index in [0.29, 0.717) is 29.3 Å². The average molecular weight is 538 g/mol. The molecule has 15 heteroatoms. The molecule has 194 valence electrons. The van der Waals surface area contributed by atoms with Crippen LogP contribution in [0.5, 0.6) is 0 Å². The van der Waals surface area contributed by atoms with Crippen molar-refractivity contribution in [2.45, 2.75) is 44.5 Å². The quantitative estimate of drug-likeness (QED) is 0.224. The molecule has 0 fully saturated rings. The standard InChI is InChI=1S/C20H17ClF9N3O2/c1-3-5-8-35-15(11-7-6-10(18(22,23)24)9-12(11)19(25,26)27)32-17-31-14(20(28,29)30)13(21)16(34)33(17)4-2/h4,6-7,9,15H,2-3,5,8H2,1H3,(H,31,32). The molecular formula is C20H17ClF9N3O2. The summed E-state index contributed by atoms with van der Waals surface area (Å²) in [6.45, 7) is 4.71. The molecule has 5 nitrogen and oxygen atoms in total. The van der Waals surface area contributed by atoms with E-state index < -0.39 is 63.7 Å². The van der Waals surface area contributed by atoms with Crippen molar-refractivity contribution in [2.24, 2.45) is 0 Å². The number of hydrogen-bond acceptors (Lipinski definition) is 4. The Bertz CT molecular complexity index is 1130. The minimum atomic E-state index is -5.30. The van der Waals surface area contributed by atoms with Crippen LogP contribution in [0, 0.1) is 0 Å². The lowest BCUT2D eigenvalue weighted by atomic mass is 10.0. The fourth-order valence-corrected chi connectivity index (χ4v) is 3.09. The molecule has 0 radical (unpaired) electrons. The van der Waals surface area contributed by atoms with Gasteiger partial charge in [0.25, 0.3) is 5.56 Å². The molecule has 0 bridgehead atoms. The van der Waals surface area contributed by atoms with Crippen LogP contribution in [0.1, 0.15) is 48.4 Å². The van der Waals surface area contributed by atoms with Crippen molar-refractivity contribution in [3.8, 4) is 0 Å². The molecule has 1 unspecified atom stereocenters. The maximum Gasteiger partial charge on any atom is 0.435 e. The molecule has 2 aromatic rings. The average Bonchev–Trinajstić information content (AvgIpc) is 2.73. The molecule has 0 amide bonds. The first kappa shape index (κ1) is 28.5. The van der Waals surface area contributed by atoms with Gasteiger partial charge in [0.2, 0.25) is 5.95 Å². The lowest BCUT2D eigenvalue weighted by Gasteiger charge is -2.25. The number of ether oxygens (including phenoxy) is 1. The Hall–Kier alpha value is -2.74. The summed E-state index contributed by atoms with van der Waals surface area (Å²) in [7, 11) is 0. The summed E-state index contributed by atoms with van der Waals surface area (Å²) in [6.07, 6.45) is -16.1. The number of rotatable bonds is 8. The number of unbranched alkanes of at least 4 members (excludes halogenated alkanes) is 1. The van der Waals surface area contributed by atoms with Crippen molar-refractivity contribution in [1.29, 1.82) is 0 Å². The highest BCUT2D eigenvalue weighted by Gasteiger charge is 2.41. The highest BCUT2D eigenvalue weighted by atomic mass is 35.5. The van der Waals surface area contributed by atoms with Crippen LogP contribution < -0.4 is 10.9 Å². The summed E-state index contributed by atoms with van der Waals surface area (Å²) < 4.78 is 126. The molecule has 1 aromatic carbocycles. The Morgan fingerprint density at radius 1 is 1.11 bits per heavy atom. The molecule has 1 atom stereocenters. The van der Waals surface area contributed by atoms with E-state index in [4.69, 9.17) is 16.3 Å². The van der Waals surface area contributed by atoms with Crippen molar-refractivity contribution >= 4 is 23.7 Å². The highest BCUT2D eigenvalue weighted by molar-refractivity contribution is 6.31. The monoisotopic (exact) mass is 537 g/mol. The predicted molar refractivity (Wildman–Crippen MR) is 109 cm³/mol. The van der Waals surface area contributed by atoms with E-state index >= 15 is 0 Å². The summed E-state index contributed by atoms with van der Waals surface area (Å²) >= 11 is 5.46. The van der Waals surface area contributed by atoms with Crippen molar-refractivity contribution in [1.82, 2.24) is 9.55 Å². The molecule has 1 N–H and O–H groups in total. The van der Waals surface area contributed by atoms with Gasteiger partial charge in [-0.2, -0.15) is 39.5 Å². The number of hydrogen-bond donors (Lipinski definition) is 1. The molecule has 0 aliphatic heterocycles. The normalized spacial score (nSPS) is 13.6. The Morgan fingerprint density at radius 2 is 1.74 bits per heavy atom. The van der Waals surface area contributed by atoms with Gasteiger partial charge in [-0.1, -0.05) is 37.6 Å². The Kier molecular flexibility index (Phi) is 8.53. The number of halogens is 10. The minimum Gasteiger partial charge on any atom is -0.354 e. The summed E-state index contributed by atoms with van der Waals surface area (Å²) in [5.74, 6) is -0.948. The molecule has 0 spiro atoms. The first-order valence-corrected chi connectivity index (χ1v) is 10.1. The zero-order valence-electron chi connectivity index (χ0n) is 17.7. The third-order valence-electron chi connectivity index (χ3n) is 4.52. The second-order valence-electron chi connectivity index (χ2n) is 7.00. The van der Waals surface area contributed by atoms with E-state index in [1.807, 2.05) is 0 Å². The molecule has 0 aliphatic rings. The number of benzene rings is 1. The summed E-state index contributed by atoms with van der Waals surface area (Å²) in [4.78, 5) is 15.5. The first-order chi connectivity index (χ1) is 16.0. The Balaban J connectivity index is 2.73. The first-order valence-electron chi connectivity index (χ1n) is 9.70. The van der Waals surface area contributed by atoms with Crippen LogP contribution in [0.25, 0.3) is 6.20 Å². The second-order valence-corrected chi connectivity index (χ2v) is 7.38. The van der Waals surface area contributed by atoms with Crippen molar-refractivity contribution in [2.75, 3.05) is 11.9 Å². The number of nitrogens with one attached hydrogen (secondary N) is 1. The van der Waals surface area contributed by atoms with E-state index in [1.165, 1.54) is 0 Å². The number of nitrogens with zero attached hydrogens (tertiary/aromatic N) is 2. The predicted octanol–water partition coefficient (Wildman–Crippen LogP) is 6.98. The van der Waals surface area contributed by atoms with Crippen molar-refractivity contribution < 1.29 is 44.3 Å². The molecule has 0 saturated carbocycles. The molecular weight excluding hydrogens is 521 g/mol.